The van der Waals surface area contributed by atoms with Crippen molar-refractivity contribution >= 4 is 17.6 Å². The lowest BCUT2D eigenvalue weighted by Crippen LogP contribution is -2.33. The Kier molecular flexibility index (Phi) is 1.93. The molecule has 5 nitrogen and oxygen atoms in total. The predicted octanol–water partition coefficient (Wildman–Crippen LogP) is 1.68. The van der Waals surface area contributed by atoms with E-state index in [1.165, 1.54) is 10.5 Å². The molecule has 0 N–H and O–H groups in total. The van der Waals surface area contributed by atoms with Gasteiger partial charge in [-0.3, -0.25) is 9.59 Å². The Balaban J connectivity index is 1.76. The Hall–Kier alpha value is -1.91. The third-order valence-electron chi connectivity index (χ3n) is 4.73. The van der Waals surface area contributed by atoms with Crippen LogP contribution in [0.25, 0.3) is 0 Å². The maximum absolute atomic E-state index is 12.5. The van der Waals surface area contributed by atoms with Gasteiger partial charge in [-0.25, -0.2) is 4.90 Å². The van der Waals surface area contributed by atoms with E-state index in [2.05, 4.69) is 18.2 Å². The second kappa shape index (κ2) is 3.35. The molecule has 0 aromatic carbocycles. The quantitative estimate of drug-likeness (QED) is 0.568. The Morgan fingerprint density at radius 2 is 2.00 bits per heavy atom. The van der Waals surface area contributed by atoms with Gasteiger partial charge in [-0.2, -0.15) is 0 Å². The van der Waals surface area contributed by atoms with E-state index < -0.39 is 0 Å². The highest BCUT2D eigenvalue weighted by Gasteiger charge is 2.61. The van der Waals surface area contributed by atoms with Crippen molar-refractivity contribution in [2.24, 2.45) is 23.7 Å². The van der Waals surface area contributed by atoms with Gasteiger partial charge in [-0.1, -0.05) is 16.8 Å². The van der Waals surface area contributed by atoms with Gasteiger partial charge in [0, 0.05) is 6.07 Å². The van der Waals surface area contributed by atoms with Gasteiger partial charge in [0.25, 0.3) is 0 Å². The summed E-state index contributed by atoms with van der Waals surface area (Å²) in [6, 6.07) is 1.64. The molecule has 5 heteroatoms. The molecule has 2 fully saturated rings. The monoisotopic (exact) mass is 258 g/mol. The molecule has 0 radical (unpaired) electrons. The van der Waals surface area contributed by atoms with E-state index in [-0.39, 0.29) is 35.5 Å². The molecule has 0 unspecified atom stereocenters. The van der Waals surface area contributed by atoms with Gasteiger partial charge in [0.15, 0.2) is 5.82 Å². The molecule has 2 bridgehead atoms. The van der Waals surface area contributed by atoms with E-state index in [0.717, 1.165) is 6.42 Å². The zero-order chi connectivity index (χ0) is 13.3. The fraction of sp³-hybridized carbons (Fsp3) is 0.500. The molecule has 1 aromatic heterocycles. The highest BCUT2D eigenvalue weighted by atomic mass is 16.5. The lowest BCUT2D eigenvalue weighted by Gasteiger charge is -2.18. The normalized spacial score (nSPS) is 36.1. The van der Waals surface area contributed by atoms with Crippen LogP contribution in [0.1, 0.15) is 19.1 Å². The predicted molar refractivity (Wildman–Crippen MR) is 66.1 cm³/mol. The van der Waals surface area contributed by atoms with Crippen LogP contribution in [0.15, 0.2) is 22.2 Å². The standard InChI is InChI=1S/C14H14N2O3/c1-6-3-8-5-9(6)12-11(8)13(17)16(14(12)18)10-4-7(2)19-15-10/h3-4,8-9,11-12H,5H2,1-2H3/t8-,9-,11+,12-/m1/s1. The summed E-state index contributed by atoms with van der Waals surface area (Å²) in [6.07, 6.45) is 3.11. The summed E-state index contributed by atoms with van der Waals surface area (Å²) in [4.78, 5) is 26.3. The molecule has 1 aromatic rings. The van der Waals surface area contributed by atoms with Crippen molar-refractivity contribution in [1.82, 2.24) is 5.16 Å². The number of carbonyl (C=O) groups is 2. The van der Waals surface area contributed by atoms with Crippen molar-refractivity contribution in [2.75, 3.05) is 4.90 Å². The van der Waals surface area contributed by atoms with Crippen molar-refractivity contribution in [3.63, 3.8) is 0 Å². The smallest absolute Gasteiger partial charge is 0.239 e. The third kappa shape index (κ3) is 1.22. The number of amides is 2. The summed E-state index contributed by atoms with van der Waals surface area (Å²) in [6.45, 7) is 3.80. The summed E-state index contributed by atoms with van der Waals surface area (Å²) >= 11 is 0. The molecule has 4 rings (SSSR count). The SMILES string of the molecule is CC1=C[C@@H]2C[C@H]1[C@H]1C(=O)N(c3cc(C)on3)C(=O)[C@H]12. The number of hydrogen-bond donors (Lipinski definition) is 0. The lowest BCUT2D eigenvalue weighted by molar-refractivity contribution is -0.123. The first-order chi connectivity index (χ1) is 9.08. The molecule has 2 amide bonds. The molecule has 3 aliphatic rings. The van der Waals surface area contributed by atoms with Crippen molar-refractivity contribution < 1.29 is 14.1 Å². The highest BCUT2D eigenvalue weighted by Crippen LogP contribution is 2.55. The molecule has 1 aliphatic heterocycles. The number of anilines is 1. The zero-order valence-corrected chi connectivity index (χ0v) is 10.8. The molecule has 2 heterocycles. The van der Waals surface area contributed by atoms with Crippen LogP contribution in [0.4, 0.5) is 5.82 Å². The van der Waals surface area contributed by atoms with Crippen LogP contribution in [0.5, 0.6) is 0 Å². The largest absolute Gasteiger partial charge is 0.360 e. The summed E-state index contributed by atoms with van der Waals surface area (Å²) in [7, 11) is 0. The first-order valence-corrected chi connectivity index (χ1v) is 6.57. The molecule has 98 valence electrons. The highest BCUT2D eigenvalue weighted by molar-refractivity contribution is 6.22. The summed E-state index contributed by atoms with van der Waals surface area (Å²) in [5, 5.41) is 3.81. The van der Waals surface area contributed by atoms with Crippen LogP contribution >= 0.6 is 0 Å². The molecule has 2 aliphatic carbocycles. The number of aryl methyl sites for hydroxylation is 1. The van der Waals surface area contributed by atoms with Crippen LogP contribution in [0, 0.1) is 30.6 Å². The molecule has 0 spiro atoms. The fourth-order valence-electron chi connectivity index (χ4n) is 3.96. The maximum Gasteiger partial charge on any atom is 0.239 e. The first-order valence-electron chi connectivity index (χ1n) is 6.57. The number of imide groups is 1. The van der Waals surface area contributed by atoms with Gasteiger partial charge in [0.2, 0.25) is 11.8 Å². The number of carbonyl (C=O) groups excluding carboxylic acids is 2. The van der Waals surface area contributed by atoms with E-state index in [4.69, 9.17) is 4.52 Å². The lowest BCUT2D eigenvalue weighted by atomic mass is 9.82. The van der Waals surface area contributed by atoms with Gasteiger partial charge in [0.1, 0.15) is 5.76 Å². The molecule has 19 heavy (non-hydrogen) atoms. The summed E-state index contributed by atoms with van der Waals surface area (Å²) < 4.78 is 4.98. The summed E-state index contributed by atoms with van der Waals surface area (Å²) in [5.41, 5.74) is 1.26. The first kappa shape index (κ1) is 11.0. The fourth-order valence-corrected chi connectivity index (χ4v) is 3.96. The van der Waals surface area contributed by atoms with Gasteiger partial charge in [-0.05, 0) is 32.1 Å². The summed E-state index contributed by atoms with van der Waals surface area (Å²) in [5.74, 6) is 0.818. The van der Waals surface area contributed by atoms with Gasteiger partial charge in [0.05, 0.1) is 11.8 Å². The van der Waals surface area contributed by atoms with Crippen LogP contribution in [-0.4, -0.2) is 17.0 Å². The number of nitrogens with zero attached hydrogens (tertiary/aromatic N) is 2. The van der Waals surface area contributed by atoms with Crippen molar-refractivity contribution in [1.29, 1.82) is 0 Å². The minimum absolute atomic E-state index is 0.108. The third-order valence-corrected chi connectivity index (χ3v) is 4.73. The average molecular weight is 258 g/mol. The number of fused-ring (bicyclic) bond motifs is 5. The minimum Gasteiger partial charge on any atom is -0.360 e. The van der Waals surface area contributed by atoms with Crippen LogP contribution in [0.2, 0.25) is 0 Å². The van der Waals surface area contributed by atoms with Crippen molar-refractivity contribution in [3.05, 3.63) is 23.5 Å². The number of aromatic nitrogens is 1. The Labute approximate surface area is 110 Å². The van der Waals surface area contributed by atoms with Gasteiger partial charge < -0.3 is 4.52 Å². The van der Waals surface area contributed by atoms with Crippen molar-refractivity contribution in [3.8, 4) is 0 Å². The number of allylic oxidation sites excluding steroid dienone is 2. The minimum atomic E-state index is -0.182. The Morgan fingerprint density at radius 1 is 1.26 bits per heavy atom. The van der Waals surface area contributed by atoms with Gasteiger partial charge in [-0.15, -0.1) is 0 Å². The Morgan fingerprint density at radius 3 is 2.68 bits per heavy atom. The van der Waals surface area contributed by atoms with E-state index in [1.54, 1.807) is 13.0 Å². The average Bonchev–Trinajstić information content (AvgIpc) is 3.05. The van der Waals surface area contributed by atoms with Crippen LogP contribution < -0.4 is 4.90 Å². The molecular formula is C14H14N2O3. The Bertz CT molecular complexity index is 630. The second-order valence-electron chi connectivity index (χ2n) is 5.78. The molecule has 4 atom stereocenters. The molecule has 1 saturated heterocycles. The second-order valence-corrected chi connectivity index (χ2v) is 5.78. The zero-order valence-electron chi connectivity index (χ0n) is 10.8. The van der Waals surface area contributed by atoms with E-state index in [0.29, 0.717) is 11.6 Å². The van der Waals surface area contributed by atoms with Crippen LogP contribution in [0.3, 0.4) is 0 Å². The maximum atomic E-state index is 12.5. The number of hydrogen-bond acceptors (Lipinski definition) is 4. The van der Waals surface area contributed by atoms with E-state index in [1.807, 2.05) is 0 Å². The van der Waals surface area contributed by atoms with Crippen LogP contribution in [-0.2, 0) is 9.59 Å². The van der Waals surface area contributed by atoms with E-state index in [9.17, 15) is 9.59 Å². The number of rotatable bonds is 1. The van der Waals surface area contributed by atoms with Crippen molar-refractivity contribution in [2.45, 2.75) is 20.3 Å². The topological polar surface area (TPSA) is 63.4 Å². The molecular weight excluding hydrogens is 244 g/mol. The molecule has 1 saturated carbocycles. The van der Waals surface area contributed by atoms with E-state index >= 15 is 0 Å². The van der Waals surface area contributed by atoms with Gasteiger partial charge >= 0.3 is 0 Å².